The van der Waals surface area contributed by atoms with Crippen molar-refractivity contribution in [1.82, 2.24) is 0 Å². The molecule has 0 aliphatic carbocycles. The van der Waals surface area contributed by atoms with Crippen LogP contribution in [0.15, 0.2) is 54.6 Å². The van der Waals surface area contributed by atoms with Crippen molar-refractivity contribution in [2.24, 2.45) is 0 Å². The number of halogens is 3. The molecule has 3 aromatic carbocycles. The van der Waals surface area contributed by atoms with Crippen LogP contribution < -0.4 is 4.74 Å². The van der Waals surface area contributed by atoms with Crippen molar-refractivity contribution in [3.63, 3.8) is 0 Å². The monoisotopic (exact) mass is 494 g/mol. The maximum atomic E-state index is 15.3. The van der Waals surface area contributed by atoms with Crippen LogP contribution in [0.25, 0.3) is 22.3 Å². The third-order valence-corrected chi connectivity index (χ3v) is 7.16. The second-order valence-electron chi connectivity index (χ2n) is 9.97. The van der Waals surface area contributed by atoms with Crippen LogP contribution in [-0.4, -0.2) is 0 Å². The van der Waals surface area contributed by atoms with Gasteiger partial charge in [0.2, 0.25) is 0 Å². The number of benzene rings is 3. The van der Waals surface area contributed by atoms with Crippen LogP contribution in [0.1, 0.15) is 88.3 Å². The van der Waals surface area contributed by atoms with E-state index in [0.29, 0.717) is 28.7 Å². The molecule has 0 saturated heterocycles. The summed E-state index contributed by atoms with van der Waals surface area (Å²) in [5.74, 6) is -0.988. The van der Waals surface area contributed by atoms with Gasteiger partial charge in [0.1, 0.15) is 0 Å². The maximum absolute atomic E-state index is 15.3. The molecule has 0 unspecified atom stereocenters. The standard InChI is InChI=1S/C32H37F3O/c1-3-5-6-7-8-9-10-11-13-25-18-21-28-27-20-19-26(24-16-14-23(12-4-2)15-17-24)22-29(27)32(34,35)36-31(28)30(25)33/h14-22H,3-13H2,1-2H3. The van der Waals surface area contributed by atoms with E-state index in [1.54, 1.807) is 18.2 Å². The predicted molar refractivity (Wildman–Crippen MR) is 142 cm³/mol. The molecule has 192 valence electrons. The van der Waals surface area contributed by atoms with E-state index >= 15 is 13.2 Å². The summed E-state index contributed by atoms with van der Waals surface area (Å²) in [5, 5.41) is 0. The van der Waals surface area contributed by atoms with Gasteiger partial charge in [-0.3, -0.25) is 0 Å². The van der Waals surface area contributed by atoms with Gasteiger partial charge in [0.15, 0.2) is 11.6 Å². The van der Waals surface area contributed by atoms with Gasteiger partial charge in [0, 0.05) is 5.56 Å². The van der Waals surface area contributed by atoms with Crippen molar-refractivity contribution in [2.75, 3.05) is 0 Å². The van der Waals surface area contributed by atoms with Gasteiger partial charge < -0.3 is 4.74 Å². The van der Waals surface area contributed by atoms with E-state index in [2.05, 4.69) is 13.8 Å². The molecule has 0 saturated carbocycles. The normalized spacial score (nSPS) is 13.7. The third-order valence-electron chi connectivity index (χ3n) is 7.16. The number of alkyl halides is 2. The van der Waals surface area contributed by atoms with Crippen LogP contribution in [0.3, 0.4) is 0 Å². The lowest BCUT2D eigenvalue weighted by molar-refractivity contribution is -0.188. The van der Waals surface area contributed by atoms with Crippen LogP contribution in [0.5, 0.6) is 5.75 Å². The molecule has 4 rings (SSSR count). The molecule has 0 spiro atoms. The molecule has 3 aromatic rings. The van der Waals surface area contributed by atoms with Gasteiger partial charge in [-0.05, 0) is 53.1 Å². The zero-order valence-corrected chi connectivity index (χ0v) is 21.5. The van der Waals surface area contributed by atoms with E-state index in [0.717, 1.165) is 37.7 Å². The Kier molecular flexibility index (Phi) is 8.77. The first-order valence-electron chi connectivity index (χ1n) is 13.6. The van der Waals surface area contributed by atoms with Gasteiger partial charge in [-0.15, -0.1) is 0 Å². The molecule has 1 heterocycles. The van der Waals surface area contributed by atoms with Crippen molar-refractivity contribution in [3.8, 4) is 28.0 Å². The van der Waals surface area contributed by atoms with Crippen molar-refractivity contribution in [3.05, 3.63) is 77.1 Å². The molecule has 1 nitrogen and oxygen atoms in total. The lowest BCUT2D eigenvalue weighted by Gasteiger charge is -2.29. The Balaban J connectivity index is 1.50. The van der Waals surface area contributed by atoms with E-state index in [1.807, 2.05) is 30.3 Å². The number of unbranched alkanes of at least 4 members (excludes halogenated alkanes) is 7. The molecule has 36 heavy (non-hydrogen) atoms. The zero-order chi connectivity index (χ0) is 25.5. The number of fused-ring (bicyclic) bond motifs is 3. The minimum absolute atomic E-state index is 0.222. The summed E-state index contributed by atoms with van der Waals surface area (Å²) in [6.45, 7) is 4.33. The molecule has 0 bridgehead atoms. The fraction of sp³-hybridized carbons (Fsp3) is 0.438. The lowest BCUT2D eigenvalue weighted by atomic mass is 9.90. The molecule has 1 aliphatic rings. The number of hydrogen-bond donors (Lipinski definition) is 0. The molecule has 0 aromatic heterocycles. The lowest BCUT2D eigenvalue weighted by Crippen LogP contribution is -2.27. The SMILES string of the molecule is CCCCCCCCCCc1ccc2c(c1F)OC(F)(F)c1cc(-c3ccc(CCC)cc3)ccc1-2. The third kappa shape index (κ3) is 5.96. The first-order chi connectivity index (χ1) is 17.4. The molecule has 0 fully saturated rings. The highest BCUT2D eigenvalue weighted by atomic mass is 19.3. The Morgan fingerprint density at radius 2 is 1.31 bits per heavy atom. The number of aryl methyl sites for hydroxylation is 2. The van der Waals surface area contributed by atoms with Crippen molar-refractivity contribution >= 4 is 0 Å². The highest BCUT2D eigenvalue weighted by Crippen LogP contribution is 2.49. The minimum Gasteiger partial charge on any atom is -0.425 e. The second kappa shape index (κ2) is 12.0. The predicted octanol–water partition coefficient (Wildman–Crippen LogP) is 10.2. The summed E-state index contributed by atoms with van der Waals surface area (Å²) in [6.07, 6.45) is 8.19. The summed E-state index contributed by atoms with van der Waals surface area (Å²) in [6, 6.07) is 16.4. The van der Waals surface area contributed by atoms with Crippen LogP contribution >= 0.6 is 0 Å². The molecule has 0 amide bonds. The van der Waals surface area contributed by atoms with E-state index in [1.165, 1.54) is 43.7 Å². The Labute approximate surface area is 213 Å². The Bertz CT molecular complexity index is 1150. The van der Waals surface area contributed by atoms with Crippen molar-refractivity contribution in [2.45, 2.75) is 90.6 Å². The van der Waals surface area contributed by atoms with Gasteiger partial charge in [0.25, 0.3) is 0 Å². The molecule has 1 aliphatic heterocycles. The summed E-state index contributed by atoms with van der Waals surface area (Å²) in [4.78, 5) is 0. The zero-order valence-electron chi connectivity index (χ0n) is 21.5. The van der Waals surface area contributed by atoms with Gasteiger partial charge in [0.05, 0.1) is 5.56 Å². The first kappa shape index (κ1) is 26.3. The first-order valence-corrected chi connectivity index (χ1v) is 13.6. The Morgan fingerprint density at radius 1 is 0.667 bits per heavy atom. The van der Waals surface area contributed by atoms with Gasteiger partial charge in [-0.1, -0.05) is 114 Å². The summed E-state index contributed by atoms with van der Waals surface area (Å²) < 4.78 is 50.6. The maximum Gasteiger partial charge on any atom is 0.427 e. The topological polar surface area (TPSA) is 9.23 Å². The highest BCUT2D eigenvalue weighted by Gasteiger charge is 2.43. The molecule has 4 heteroatoms. The molecule has 0 atom stereocenters. The minimum atomic E-state index is -3.60. The number of rotatable bonds is 12. The largest absolute Gasteiger partial charge is 0.427 e. The molecular weight excluding hydrogens is 457 g/mol. The smallest absolute Gasteiger partial charge is 0.425 e. The van der Waals surface area contributed by atoms with Gasteiger partial charge in [-0.2, -0.15) is 8.78 Å². The fourth-order valence-corrected chi connectivity index (χ4v) is 5.09. The molecule has 0 radical (unpaired) electrons. The van der Waals surface area contributed by atoms with E-state index in [-0.39, 0.29) is 11.3 Å². The van der Waals surface area contributed by atoms with Crippen LogP contribution in [0, 0.1) is 5.82 Å². The molecular formula is C32H37F3O. The van der Waals surface area contributed by atoms with Crippen molar-refractivity contribution in [1.29, 1.82) is 0 Å². The summed E-state index contributed by atoms with van der Waals surface area (Å²) in [7, 11) is 0. The van der Waals surface area contributed by atoms with Crippen molar-refractivity contribution < 1.29 is 17.9 Å². The second-order valence-corrected chi connectivity index (χ2v) is 9.97. The average molecular weight is 495 g/mol. The summed E-state index contributed by atoms with van der Waals surface area (Å²) in [5.41, 5.74) is 3.72. The van der Waals surface area contributed by atoms with Crippen LogP contribution in [-0.2, 0) is 19.0 Å². The fourth-order valence-electron chi connectivity index (χ4n) is 5.09. The quantitative estimate of drug-likeness (QED) is 0.228. The van der Waals surface area contributed by atoms with Crippen LogP contribution in [0.2, 0.25) is 0 Å². The van der Waals surface area contributed by atoms with Gasteiger partial charge in [-0.25, -0.2) is 4.39 Å². The Morgan fingerprint density at radius 3 is 2.00 bits per heavy atom. The Hall–Kier alpha value is -2.75. The average Bonchev–Trinajstić information content (AvgIpc) is 2.88. The van der Waals surface area contributed by atoms with Gasteiger partial charge >= 0.3 is 6.11 Å². The van der Waals surface area contributed by atoms with Crippen LogP contribution in [0.4, 0.5) is 13.2 Å². The highest BCUT2D eigenvalue weighted by molar-refractivity contribution is 5.80. The van der Waals surface area contributed by atoms with E-state index < -0.39 is 11.9 Å². The van der Waals surface area contributed by atoms with E-state index in [4.69, 9.17) is 4.74 Å². The molecule has 0 N–H and O–H groups in total. The number of hydrogen-bond acceptors (Lipinski definition) is 1. The van der Waals surface area contributed by atoms with E-state index in [9.17, 15) is 0 Å². The number of ether oxygens (including phenoxy) is 1. The summed E-state index contributed by atoms with van der Waals surface area (Å²) >= 11 is 0.